The molecule has 25 heavy (non-hydrogen) atoms. The molecule has 140 valence electrons. The molecule has 1 aromatic carbocycles. The Morgan fingerprint density at radius 2 is 2.08 bits per heavy atom. The number of amides is 1. The van der Waals surface area contributed by atoms with Crippen molar-refractivity contribution >= 4 is 33.0 Å². The maximum Gasteiger partial charge on any atom is 0.418 e. The van der Waals surface area contributed by atoms with E-state index in [1.807, 2.05) is 0 Å². The summed E-state index contributed by atoms with van der Waals surface area (Å²) in [4.78, 5) is 13.8. The lowest BCUT2D eigenvalue weighted by Crippen LogP contribution is -2.41. The van der Waals surface area contributed by atoms with Gasteiger partial charge in [-0.25, -0.2) is 8.42 Å². The number of nitrogens with zero attached hydrogens (tertiary/aromatic N) is 1. The molecule has 0 bridgehead atoms. The number of benzene rings is 1. The number of rotatable bonds is 5. The second-order valence-electron chi connectivity index (χ2n) is 5.86. The van der Waals surface area contributed by atoms with Crippen LogP contribution in [-0.4, -0.2) is 49.9 Å². The predicted octanol–water partition coefficient (Wildman–Crippen LogP) is 2.81. The molecule has 0 radical (unpaired) electrons. The molecule has 0 aliphatic carbocycles. The Hall–Kier alpha value is -1.32. The monoisotopic (exact) mass is 398 g/mol. The summed E-state index contributed by atoms with van der Waals surface area (Å²) in [6.07, 6.45) is -4.24. The first kappa shape index (κ1) is 20.0. The van der Waals surface area contributed by atoms with Crippen LogP contribution in [0.1, 0.15) is 18.9 Å². The summed E-state index contributed by atoms with van der Waals surface area (Å²) in [6, 6.07) is 2.80. The molecule has 1 N–H and O–H groups in total. The highest BCUT2D eigenvalue weighted by Gasteiger charge is 2.35. The van der Waals surface area contributed by atoms with Gasteiger partial charge in [0.2, 0.25) is 5.91 Å². The molecule has 5 nitrogen and oxygen atoms in total. The van der Waals surface area contributed by atoms with Crippen LogP contribution in [0.5, 0.6) is 0 Å². The van der Waals surface area contributed by atoms with Gasteiger partial charge in [0.25, 0.3) is 0 Å². The van der Waals surface area contributed by atoms with Gasteiger partial charge in [0, 0.05) is 11.1 Å². The molecule has 1 saturated heterocycles. The van der Waals surface area contributed by atoms with Gasteiger partial charge in [-0.05, 0) is 31.2 Å². The average molecular weight is 399 g/mol. The topological polar surface area (TPSA) is 66.5 Å². The van der Waals surface area contributed by atoms with Gasteiger partial charge in [0.15, 0.2) is 9.84 Å². The van der Waals surface area contributed by atoms with E-state index in [9.17, 15) is 26.4 Å². The van der Waals surface area contributed by atoms with E-state index in [0.29, 0.717) is 13.0 Å². The molecular formula is C15H18ClF3N2O3S. The molecule has 2 rings (SSSR count). The van der Waals surface area contributed by atoms with E-state index < -0.39 is 27.5 Å². The number of carbonyl (C=O) groups excluding carboxylic acids is 1. The second kappa shape index (κ2) is 7.51. The highest BCUT2D eigenvalue weighted by atomic mass is 35.5. The number of hydrogen-bond acceptors (Lipinski definition) is 4. The van der Waals surface area contributed by atoms with Crippen LogP contribution in [0, 0.1) is 0 Å². The molecule has 1 aliphatic heterocycles. The van der Waals surface area contributed by atoms with Gasteiger partial charge < -0.3 is 5.32 Å². The molecule has 0 saturated carbocycles. The summed E-state index contributed by atoms with van der Waals surface area (Å²) in [6.45, 7) is 2.00. The van der Waals surface area contributed by atoms with Crippen LogP contribution >= 0.6 is 11.6 Å². The third kappa shape index (κ3) is 5.32. The number of hydrogen-bond donors (Lipinski definition) is 1. The van der Waals surface area contributed by atoms with Crippen molar-refractivity contribution in [2.24, 2.45) is 0 Å². The number of anilines is 1. The molecule has 1 atom stereocenters. The Kier molecular flexibility index (Phi) is 6.01. The van der Waals surface area contributed by atoms with E-state index in [4.69, 9.17) is 11.6 Å². The Balaban J connectivity index is 2.10. The van der Waals surface area contributed by atoms with Crippen molar-refractivity contribution in [2.75, 3.05) is 29.9 Å². The molecule has 0 aromatic heterocycles. The minimum atomic E-state index is -4.66. The molecular weight excluding hydrogens is 381 g/mol. The van der Waals surface area contributed by atoms with Gasteiger partial charge in [-0.1, -0.05) is 18.5 Å². The van der Waals surface area contributed by atoms with Crippen LogP contribution in [0.3, 0.4) is 0 Å². The summed E-state index contributed by atoms with van der Waals surface area (Å²) in [5.74, 6) is -0.618. The maximum absolute atomic E-state index is 13.1. The third-order valence-corrected chi connectivity index (χ3v) is 6.02. The number of halogens is 4. The second-order valence-corrected chi connectivity index (χ2v) is 8.52. The molecule has 1 aliphatic rings. The summed E-state index contributed by atoms with van der Waals surface area (Å²) in [5.41, 5.74) is -1.41. The van der Waals surface area contributed by atoms with Crippen molar-refractivity contribution in [1.29, 1.82) is 0 Å². The van der Waals surface area contributed by atoms with Gasteiger partial charge in [-0.3, -0.25) is 9.69 Å². The minimum absolute atomic E-state index is 0.0388. The Morgan fingerprint density at radius 1 is 1.40 bits per heavy atom. The number of likely N-dealkylation sites (N-methyl/N-ethyl adjacent to an activating group) is 1. The van der Waals surface area contributed by atoms with Gasteiger partial charge in [0.05, 0.1) is 29.3 Å². The Morgan fingerprint density at radius 3 is 2.60 bits per heavy atom. The van der Waals surface area contributed by atoms with Crippen molar-refractivity contribution in [3.05, 3.63) is 28.8 Å². The summed E-state index contributed by atoms with van der Waals surface area (Å²) < 4.78 is 62.3. The minimum Gasteiger partial charge on any atom is -0.324 e. The van der Waals surface area contributed by atoms with Crippen molar-refractivity contribution in [3.8, 4) is 0 Å². The molecule has 1 amide bonds. The van der Waals surface area contributed by atoms with Gasteiger partial charge in [-0.15, -0.1) is 0 Å². The number of alkyl halides is 3. The van der Waals surface area contributed by atoms with E-state index in [-0.39, 0.29) is 34.8 Å². The summed E-state index contributed by atoms with van der Waals surface area (Å²) >= 11 is 5.60. The van der Waals surface area contributed by atoms with Crippen molar-refractivity contribution in [2.45, 2.75) is 25.6 Å². The number of nitrogens with one attached hydrogen (secondary N) is 1. The summed E-state index contributed by atoms with van der Waals surface area (Å²) in [5, 5.41) is 2.16. The smallest absolute Gasteiger partial charge is 0.324 e. The van der Waals surface area contributed by atoms with Gasteiger partial charge in [-0.2, -0.15) is 13.2 Å². The zero-order valence-corrected chi connectivity index (χ0v) is 15.0. The van der Waals surface area contributed by atoms with Gasteiger partial charge >= 0.3 is 6.18 Å². The highest BCUT2D eigenvalue weighted by molar-refractivity contribution is 7.91. The van der Waals surface area contributed by atoms with Crippen molar-refractivity contribution in [1.82, 2.24) is 4.90 Å². The van der Waals surface area contributed by atoms with Crippen LogP contribution in [-0.2, 0) is 20.8 Å². The highest BCUT2D eigenvalue weighted by Crippen LogP contribution is 2.36. The molecule has 10 heteroatoms. The predicted molar refractivity (Wildman–Crippen MR) is 89.4 cm³/mol. The largest absolute Gasteiger partial charge is 0.418 e. The standard InChI is InChI=1S/C15H18ClF3N2O3S/c1-2-21(11-5-6-25(23,24)9-11)8-14(22)20-13-4-3-10(16)7-12(13)15(17,18)19/h3-4,7,11H,2,5-6,8-9H2,1H3,(H,20,22). The van der Waals surface area contributed by atoms with Crippen LogP contribution in [0.4, 0.5) is 18.9 Å². The molecule has 1 fully saturated rings. The van der Waals surface area contributed by atoms with E-state index in [0.717, 1.165) is 12.1 Å². The lowest BCUT2D eigenvalue weighted by atomic mass is 10.1. The SMILES string of the molecule is CCN(CC(=O)Nc1ccc(Cl)cc1C(F)(F)F)C1CCS(=O)(=O)C1. The van der Waals surface area contributed by atoms with Gasteiger partial charge in [0.1, 0.15) is 0 Å². The van der Waals surface area contributed by atoms with Crippen LogP contribution in [0.15, 0.2) is 18.2 Å². The first-order valence-corrected chi connectivity index (χ1v) is 9.83. The summed E-state index contributed by atoms with van der Waals surface area (Å²) in [7, 11) is -3.11. The fraction of sp³-hybridized carbons (Fsp3) is 0.533. The molecule has 1 heterocycles. The fourth-order valence-electron chi connectivity index (χ4n) is 2.80. The van der Waals surface area contributed by atoms with E-state index >= 15 is 0 Å². The normalized spacial score (nSPS) is 20.0. The van der Waals surface area contributed by atoms with Crippen LogP contribution < -0.4 is 5.32 Å². The average Bonchev–Trinajstić information content (AvgIpc) is 2.85. The molecule has 1 aromatic rings. The van der Waals surface area contributed by atoms with Crippen molar-refractivity contribution < 1.29 is 26.4 Å². The third-order valence-electron chi connectivity index (χ3n) is 4.04. The van der Waals surface area contributed by atoms with E-state index in [1.165, 1.54) is 6.07 Å². The maximum atomic E-state index is 13.1. The zero-order chi connectivity index (χ0) is 18.8. The first-order valence-electron chi connectivity index (χ1n) is 7.63. The van der Waals surface area contributed by atoms with Crippen molar-refractivity contribution in [3.63, 3.8) is 0 Å². The lowest BCUT2D eigenvalue weighted by molar-refractivity contribution is -0.137. The van der Waals surface area contributed by atoms with E-state index in [1.54, 1.807) is 11.8 Å². The quantitative estimate of drug-likeness (QED) is 0.828. The Bertz CT molecular complexity index is 753. The Labute approximate surface area is 149 Å². The van der Waals surface area contributed by atoms with Crippen LogP contribution in [0.25, 0.3) is 0 Å². The van der Waals surface area contributed by atoms with E-state index in [2.05, 4.69) is 5.32 Å². The molecule has 0 spiro atoms. The lowest BCUT2D eigenvalue weighted by Gasteiger charge is -2.26. The zero-order valence-electron chi connectivity index (χ0n) is 13.4. The molecule has 1 unspecified atom stereocenters. The fourth-order valence-corrected chi connectivity index (χ4v) is 4.73. The number of carbonyl (C=O) groups is 1. The number of sulfone groups is 1. The van der Waals surface area contributed by atoms with Crippen LogP contribution in [0.2, 0.25) is 5.02 Å². The first-order chi connectivity index (χ1) is 11.5.